The topological polar surface area (TPSA) is 44.2 Å². The summed E-state index contributed by atoms with van der Waals surface area (Å²) in [6.07, 6.45) is 11.8. The molecule has 4 nitrogen and oxygen atoms in total. The van der Waals surface area contributed by atoms with E-state index in [0.29, 0.717) is 0 Å². The third-order valence-electron chi connectivity index (χ3n) is 5.02. The summed E-state index contributed by atoms with van der Waals surface area (Å²) >= 11 is 0. The molecule has 158 valence electrons. The van der Waals surface area contributed by atoms with Gasteiger partial charge in [-0.2, -0.15) is 0 Å². The van der Waals surface area contributed by atoms with Crippen LogP contribution >= 0.6 is 0 Å². The van der Waals surface area contributed by atoms with Crippen LogP contribution in [-0.2, 0) is 0 Å². The van der Waals surface area contributed by atoms with E-state index in [1.54, 1.807) is 26.6 Å². The number of rotatable bonds is 7. The van der Waals surface area contributed by atoms with Crippen molar-refractivity contribution in [3.63, 3.8) is 0 Å². The zero-order valence-corrected chi connectivity index (χ0v) is 18.1. The Hall–Kier alpha value is -4.18. The molecule has 0 unspecified atom stereocenters. The summed E-state index contributed by atoms with van der Waals surface area (Å²) in [4.78, 5) is 9.04. The predicted molar refractivity (Wildman–Crippen MR) is 131 cm³/mol. The zero-order chi connectivity index (χ0) is 22.2. The maximum Gasteiger partial charge on any atom is 0.126 e. The van der Waals surface area contributed by atoms with Crippen molar-refractivity contribution < 1.29 is 9.47 Å². The van der Waals surface area contributed by atoms with Gasteiger partial charge in [-0.05, 0) is 47.5 Å². The summed E-state index contributed by atoms with van der Waals surface area (Å²) < 4.78 is 10.8. The molecule has 0 fully saturated rings. The average Bonchev–Trinajstić information content (AvgIpc) is 2.87. The Labute approximate surface area is 188 Å². The lowest BCUT2D eigenvalue weighted by molar-refractivity contribution is 0.414. The fraction of sp³-hybridized carbons (Fsp3) is 0.0714. The Morgan fingerprint density at radius 1 is 0.562 bits per heavy atom. The quantitative estimate of drug-likeness (QED) is 0.342. The Balaban J connectivity index is 1.57. The average molecular weight is 421 g/mol. The van der Waals surface area contributed by atoms with E-state index in [1.165, 1.54) is 0 Å². The van der Waals surface area contributed by atoms with Crippen molar-refractivity contribution in [3.05, 3.63) is 107 Å². The molecule has 0 radical (unpaired) electrons. The van der Waals surface area contributed by atoms with Crippen LogP contribution in [0.4, 0.5) is 0 Å². The molecule has 2 heterocycles. The van der Waals surface area contributed by atoms with Crippen LogP contribution in [0, 0.1) is 0 Å². The van der Waals surface area contributed by atoms with Gasteiger partial charge in [0.2, 0.25) is 0 Å². The summed E-state index contributed by atoms with van der Waals surface area (Å²) in [5, 5.41) is 0. The molecule has 0 amide bonds. The van der Waals surface area contributed by atoms with Gasteiger partial charge in [-0.3, -0.25) is 9.97 Å². The Kier molecular flexibility index (Phi) is 6.73. The van der Waals surface area contributed by atoms with Gasteiger partial charge in [0, 0.05) is 23.5 Å². The summed E-state index contributed by atoms with van der Waals surface area (Å²) in [5.41, 5.74) is 5.76. The van der Waals surface area contributed by atoms with E-state index in [4.69, 9.17) is 9.47 Å². The molecule has 0 saturated heterocycles. The molecule has 0 aliphatic carbocycles. The van der Waals surface area contributed by atoms with E-state index in [0.717, 1.165) is 45.1 Å². The van der Waals surface area contributed by atoms with E-state index in [1.807, 2.05) is 84.9 Å². The second kappa shape index (κ2) is 10.2. The molecular weight excluding hydrogens is 396 g/mol. The fourth-order valence-electron chi connectivity index (χ4n) is 3.36. The molecule has 0 atom stereocenters. The number of pyridine rings is 2. The highest BCUT2D eigenvalue weighted by Gasteiger charge is 2.04. The van der Waals surface area contributed by atoms with Crippen LogP contribution < -0.4 is 9.47 Å². The number of nitrogens with zero attached hydrogens (tertiary/aromatic N) is 2. The molecule has 4 heteroatoms. The fourth-order valence-corrected chi connectivity index (χ4v) is 3.36. The SMILES string of the molecule is COc1ccccc1/C=C/c1ccnc(-c2cc(/C=C/c3ccccc3OC)ccn2)c1. The van der Waals surface area contributed by atoms with Crippen molar-refractivity contribution in [1.82, 2.24) is 9.97 Å². The van der Waals surface area contributed by atoms with Crippen LogP contribution in [0.15, 0.2) is 85.2 Å². The molecule has 0 aliphatic heterocycles. The minimum atomic E-state index is 0.819. The first kappa shape index (κ1) is 21.1. The number of hydrogen-bond donors (Lipinski definition) is 0. The van der Waals surface area contributed by atoms with Crippen LogP contribution in [0.25, 0.3) is 35.7 Å². The standard InChI is InChI=1S/C28H24N2O2/c1-31-27-9-5-3-7-23(27)13-11-21-15-17-29-25(19-21)26-20-22(16-18-30-26)12-14-24-8-4-6-10-28(24)32-2/h3-20H,1-2H3/b13-11+,14-12+. The van der Waals surface area contributed by atoms with Gasteiger partial charge in [0.1, 0.15) is 11.5 Å². The second-order valence-corrected chi connectivity index (χ2v) is 7.10. The van der Waals surface area contributed by atoms with E-state index >= 15 is 0 Å². The number of para-hydroxylation sites is 2. The first-order chi connectivity index (χ1) is 15.8. The highest BCUT2D eigenvalue weighted by Crippen LogP contribution is 2.23. The molecule has 0 saturated carbocycles. The highest BCUT2D eigenvalue weighted by atomic mass is 16.5. The van der Waals surface area contributed by atoms with Crippen molar-refractivity contribution in [2.75, 3.05) is 14.2 Å². The van der Waals surface area contributed by atoms with Crippen LogP contribution in [0.5, 0.6) is 11.5 Å². The van der Waals surface area contributed by atoms with E-state index in [2.05, 4.69) is 22.1 Å². The first-order valence-corrected chi connectivity index (χ1v) is 10.3. The molecule has 2 aromatic carbocycles. The van der Waals surface area contributed by atoms with Crippen LogP contribution in [0.2, 0.25) is 0 Å². The summed E-state index contributed by atoms with van der Waals surface area (Å²) in [6, 6.07) is 23.9. The molecule has 0 bridgehead atoms. The molecular formula is C28H24N2O2. The van der Waals surface area contributed by atoms with Crippen molar-refractivity contribution in [1.29, 1.82) is 0 Å². The lowest BCUT2D eigenvalue weighted by Gasteiger charge is -2.05. The van der Waals surface area contributed by atoms with Crippen molar-refractivity contribution >= 4 is 24.3 Å². The maximum absolute atomic E-state index is 5.42. The number of benzene rings is 2. The lowest BCUT2D eigenvalue weighted by atomic mass is 10.1. The molecule has 2 aromatic heterocycles. The minimum absolute atomic E-state index is 0.819. The molecule has 0 N–H and O–H groups in total. The van der Waals surface area contributed by atoms with Gasteiger partial charge in [0.15, 0.2) is 0 Å². The largest absolute Gasteiger partial charge is 0.496 e. The Morgan fingerprint density at radius 3 is 1.44 bits per heavy atom. The molecule has 32 heavy (non-hydrogen) atoms. The number of methoxy groups -OCH3 is 2. The number of aromatic nitrogens is 2. The smallest absolute Gasteiger partial charge is 0.126 e. The van der Waals surface area contributed by atoms with Gasteiger partial charge in [-0.1, -0.05) is 60.7 Å². The maximum atomic E-state index is 5.42. The van der Waals surface area contributed by atoms with Crippen LogP contribution in [0.3, 0.4) is 0 Å². The van der Waals surface area contributed by atoms with Crippen molar-refractivity contribution in [3.8, 4) is 22.9 Å². The summed E-state index contributed by atoms with van der Waals surface area (Å²) in [5.74, 6) is 1.68. The molecule has 0 aliphatic rings. The third kappa shape index (κ3) is 5.10. The number of hydrogen-bond acceptors (Lipinski definition) is 4. The molecule has 0 spiro atoms. The highest BCUT2D eigenvalue weighted by molar-refractivity contribution is 5.76. The summed E-state index contributed by atoms with van der Waals surface area (Å²) in [7, 11) is 3.36. The van der Waals surface area contributed by atoms with Gasteiger partial charge in [0.25, 0.3) is 0 Å². The first-order valence-electron chi connectivity index (χ1n) is 10.3. The van der Waals surface area contributed by atoms with Gasteiger partial charge in [0.05, 0.1) is 25.6 Å². The predicted octanol–water partition coefficient (Wildman–Crippen LogP) is 6.50. The minimum Gasteiger partial charge on any atom is -0.496 e. The van der Waals surface area contributed by atoms with E-state index in [-0.39, 0.29) is 0 Å². The van der Waals surface area contributed by atoms with E-state index in [9.17, 15) is 0 Å². The molecule has 4 aromatic rings. The van der Waals surface area contributed by atoms with Crippen LogP contribution in [0.1, 0.15) is 22.3 Å². The number of ether oxygens (including phenoxy) is 2. The third-order valence-corrected chi connectivity index (χ3v) is 5.02. The zero-order valence-electron chi connectivity index (χ0n) is 18.1. The van der Waals surface area contributed by atoms with E-state index < -0.39 is 0 Å². The van der Waals surface area contributed by atoms with Crippen LogP contribution in [-0.4, -0.2) is 24.2 Å². The normalized spacial score (nSPS) is 11.2. The second-order valence-electron chi connectivity index (χ2n) is 7.10. The summed E-state index contributed by atoms with van der Waals surface area (Å²) in [6.45, 7) is 0. The Morgan fingerprint density at radius 2 is 1.00 bits per heavy atom. The lowest BCUT2D eigenvalue weighted by Crippen LogP contribution is -1.89. The van der Waals surface area contributed by atoms with Gasteiger partial charge < -0.3 is 9.47 Å². The van der Waals surface area contributed by atoms with Crippen molar-refractivity contribution in [2.45, 2.75) is 0 Å². The monoisotopic (exact) mass is 420 g/mol. The van der Waals surface area contributed by atoms with Gasteiger partial charge in [-0.25, -0.2) is 0 Å². The van der Waals surface area contributed by atoms with Gasteiger partial charge in [-0.15, -0.1) is 0 Å². The van der Waals surface area contributed by atoms with Gasteiger partial charge >= 0.3 is 0 Å². The van der Waals surface area contributed by atoms with Crippen molar-refractivity contribution in [2.24, 2.45) is 0 Å². The molecule has 4 rings (SSSR count). The Bertz CT molecular complexity index is 1160.